The van der Waals surface area contributed by atoms with E-state index in [2.05, 4.69) is 10.6 Å². The number of carbonyl (C=O) groups excluding carboxylic acids is 1. The monoisotopic (exact) mass is 410 g/mol. The van der Waals surface area contributed by atoms with Crippen molar-refractivity contribution >= 4 is 23.2 Å². The first-order valence-corrected chi connectivity index (χ1v) is 9.72. The standard InChI is InChI=1S/C23H23ClN2O3/c24-18-10-11-19(21(14-18)26-23(28)15-25-12-13-27)20-8-4-5-9-22(20)29-16-17-6-2-1-3-7-17/h1-11,14,25,27H,12-13,15-16H2,(H,26,28). The highest BCUT2D eigenvalue weighted by Gasteiger charge is 2.13. The van der Waals surface area contributed by atoms with Crippen LogP contribution in [0.4, 0.5) is 5.69 Å². The van der Waals surface area contributed by atoms with Gasteiger partial charge in [-0.1, -0.05) is 66.2 Å². The van der Waals surface area contributed by atoms with Crippen molar-refractivity contribution in [2.24, 2.45) is 0 Å². The van der Waals surface area contributed by atoms with Crippen LogP contribution in [0.2, 0.25) is 5.02 Å². The molecule has 3 aromatic carbocycles. The Balaban J connectivity index is 1.83. The van der Waals surface area contributed by atoms with E-state index < -0.39 is 0 Å². The quantitative estimate of drug-likeness (QED) is 0.464. The molecule has 29 heavy (non-hydrogen) atoms. The summed E-state index contributed by atoms with van der Waals surface area (Å²) in [4.78, 5) is 12.2. The van der Waals surface area contributed by atoms with Gasteiger partial charge in [-0.3, -0.25) is 4.79 Å². The second-order valence-electron chi connectivity index (χ2n) is 6.41. The predicted molar refractivity (Wildman–Crippen MR) is 116 cm³/mol. The molecule has 0 aromatic heterocycles. The van der Waals surface area contributed by atoms with Crippen LogP contribution in [0, 0.1) is 0 Å². The fourth-order valence-corrected chi connectivity index (χ4v) is 3.05. The summed E-state index contributed by atoms with van der Waals surface area (Å²) in [5.41, 5.74) is 3.35. The Labute approximate surface area is 175 Å². The molecule has 3 rings (SSSR count). The van der Waals surface area contributed by atoms with Crippen molar-refractivity contribution in [2.75, 3.05) is 25.0 Å². The molecule has 6 heteroatoms. The molecule has 1 amide bonds. The van der Waals surface area contributed by atoms with Crippen molar-refractivity contribution in [1.82, 2.24) is 5.32 Å². The van der Waals surface area contributed by atoms with Crippen LogP contribution in [0.15, 0.2) is 72.8 Å². The highest BCUT2D eigenvalue weighted by molar-refractivity contribution is 6.31. The van der Waals surface area contributed by atoms with Crippen LogP contribution in [-0.4, -0.2) is 30.7 Å². The van der Waals surface area contributed by atoms with E-state index in [1.807, 2.05) is 60.7 Å². The summed E-state index contributed by atoms with van der Waals surface area (Å²) in [6.07, 6.45) is 0. The maximum Gasteiger partial charge on any atom is 0.238 e. The summed E-state index contributed by atoms with van der Waals surface area (Å²) in [6.45, 7) is 0.866. The van der Waals surface area contributed by atoms with Gasteiger partial charge in [-0.25, -0.2) is 0 Å². The van der Waals surface area contributed by atoms with Crippen molar-refractivity contribution in [2.45, 2.75) is 6.61 Å². The summed E-state index contributed by atoms with van der Waals surface area (Å²) in [5.74, 6) is 0.497. The number of ether oxygens (including phenoxy) is 1. The van der Waals surface area contributed by atoms with Gasteiger partial charge in [-0.05, 0) is 23.8 Å². The van der Waals surface area contributed by atoms with Gasteiger partial charge in [0, 0.05) is 22.7 Å². The van der Waals surface area contributed by atoms with Crippen LogP contribution in [0.25, 0.3) is 11.1 Å². The fraction of sp³-hybridized carbons (Fsp3) is 0.174. The van der Waals surface area contributed by atoms with Crippen LogP contribution in [-0.2, 0) is 11.4 Å². The predicted octanol–water partition coefficient (Wildman–Crippen LogP) is 4.11. The Morgan fingerprint density at radius 3 is 2.52 bits per heavy atom. The number of halogens is 1. The maximum absolute atomic E-state index is 12.2. The summed E-state index contributed by atoms with van der Waals surface area (Å²) >= 11 is 6.16. The Morgan fingerprint density at radius 1 is 0.966 bits per heavy atom. The smallest absolute Gasteiger partial charge is 0.238 e. The molecular formula is C23H23ClN2O3. The van der Waals surface area contributed by atoms with E-state index in [4.69, 9.17) is 21.4 Å². The molecule has 0 heterocycles. The van der Waals surface area contributed by atoms with Crippen LogP contribution in [0.3, 0.4) is 0 Å². The lowest BCUT2D eigenvalue weighted by Gasteiger charge is -2.16. The molecule has 0 aliphatic carbocycles. The zero-order valence-electron chi connectivity index (χ0n) is 15.9. The van der Waals surface area contributed by atoms with E-state index in [1.54, 1.807) is 12.1 Å². The summed E-state index contributed by atoms with van der Waals surface area (Å²) < 4.78 is 6.06. The summed E-state index contributed by atoms with van der Waals surface area (Å²) in [7, 11) is 0. The van der Waals surface area contributed by atoms with Crippen molar-refractivity contribution in [1.29, 1.82) is 0 Å². The average molecular weight is 411 g/mol. The lowest BCUT2D eigenvalue weighted by Crippen LogP contribution is -2.30. The molecule has 0 spiro atoms. The third kappa shape index (κ3) is 6.06. The minimum atomic E-state index is -0.218. The SMILES string of the molecule is O=C(CNCCO)Nc1cc(Cl)ccc1-c1ccccc1OCc1ccccc1. The van der Waals surface area contributed by atoms with Crippen LogP contribution >= 0.6 is 11.6 Å². The summed E-state index contributed by atoms with van der Waals surface area (Å²) in [5, 5.41) is 15.1. The van der Waals surface area contributed by atoms with Gasteiger partial charge < -0.3 is 20.5 Å². The lowest BCUT2D eigenvalue weighted by atomic mass is 10.0. The van der Waals surface area contributed by atoms with Crippen molar-refractivity contribution in [3.05, 3.63) is 83.4 Å². The van der Waals surface area contributed by atoms with Crippen LogP contribution in [0.1, 0.15) is 5.56 Å². The number of aliphatic hydroxyl groups excluding tert-OH is 1. The van der Waals surface area contributed by atoms with Gasteiger partial charge in [-0.15, -0.1) is 0 Å². The van der Waals surface area contributed by atoms with E-state index in [0.29, 0.717) is 29.6 Å². The van der Waals surface area contributed by atoms with Crippen molar-refractivity contribution in [3.8, 4) is 16.9 Å². The molecule has 0 unspecified atom stereocenters. The minimum absolute atomic E-state index is 0.0260. The van der Waals surface area contributed by atoms with Crippen molar-refractivity contribution < 1.29 is 14.6 Å². The van der Waals surface area contributed by atoms with E-state index in [9.17, 15) is 4.79 Å². The number of rotatable bonds is 9. The number of aliphatic hydroxyl groups is 1. The van der Waals surface area contributed by atoms with Crippen LogP contribution < -0.4 is 15.4 Å². The number of benzene rings is 3. The second kappa shape index (κ2) is 10.6. The number of nitrogens with one attached hydrogen (secondary N) is 2. The fourth-order valence-electron chi connectivity index (χ4n) is 2.88. The second-order valence-corrected chi connectivity index (χ2v) is 6.85. The first-order chi connectivity index (χ1) is 14.2. The third-order valence-electron chi connectivity index (χ3n) is 4.24. The molecule has 0 radical (unpaired) electrons. The number of hydrogen-bond acceptors (Lipinski definition) is 4. The molecule has 0 saturated carbocycles. The molecule has 0 fully saturated rings. The number of anilines is 1. The number of carbonyl (C=O) groups is 1. The maximum atomic E-state index is 12.2. The topological polar surface area (TPSA) is 70.6 Å². The minimum Gasteiger partial charge on any atom is -0.488 e. The van der Waals surface area contributed by atoms with Gasteiger partial charge in [0.25, 0.3) is 0 Å². The highest BCUT2D eigenvalue weighted by Crippen LogP contribution is 2.36. The molecule has 3 N–H and O–H groups in total. The van der Waals surface area contributed by atoms with E-state index in [0.717, 1.165) is 16.7 Å². The normalized spacial score (nSPS) is 10.6. The average Bonchev–Trinajstić information content (AvgIpc) is 2.74. The first kappa shape index (κ1) is 20.9. The molecular weight excluding hydrogens is 388 g/mol. The van der Waals surface area contributed by atoms with Gasteiger partial charge in [-0.2, -0.15) is 0 Å². The Kier molecular flexibility index (Phi) is 7.64. The Bertz CT molecular complexity index is 948. The first-order valence-electron chi connectivity index (χ1n) is 9.34. The Morgan fingerprint density at radius 2 is 1.72 bits per heavy atom. The zero-order chi connectivity index (χ0) is 20.5. The third-order valence-corrected chi connectivity index (χ3v) is 4.48. The molecule has 0 aliphatic heterocycles. The number of amides is 1. The van der Waals surface area contributed by atoms with Gasteiger partial charge in [0.05, 0.1) is 18.8 Å². The van der Waals surface area contributed by atoms with Crippen molar-refractivity contribution in [3.63, 3.8) is 0 Å². The van der Waals surface area contributed by atoms with E-state index >= 15 is 0 Å². The molecule has 150 valence electrons. The highest BCUT2D eigenvalue weighted by atomic mass is 35.5. The molecule has 0 saturated heterocycles. The lowest BCUT2D eigenvalue weighted by molar-refractivity contribution is -0.115. The largest absolute Gasteiger partial charge is 0.488 e. The van der Waals surface area contributed by atoms with Gasteiger partial charge >= 0.3 is 0 Å². The Hall–Kier alpha value is -2.86. The summed E-state index contributed by atoms with van der Waals surface area (Å²) in [6, 6.07) is 23.0. The van der Waals surface area contributed by atoms with E-state index in [-0.39, 0.29) is 19.1 Å². The molecule has 5 nitrogen and oxygen atoms in total. The van der Waals surface area contributed by atoms with Crippen LogP contribution in [0.5, 0.6) is 5.75 Å². The number of hydrogen-bond donors (Lipinski definition) is 3. The zero-order valence-corrected chi connectivity index (χ0v) is 16.7. The van der Waals surface area contributed by atoms with Gasteiger partial charge in [0.15, 0.2) is 0 Å². The van der Waals surface area contributed by atoms with E-state index in [1.165, 1.54) is 0 Å². The molecule has 0 aliphatic rings. The molecule has 0 atom stereocenters. The van der Waals surface area contributed by atoms with Gasteiger partial charge in [0.2, 0.25) is 5.91 Å². The molecule has 3 aromatic rings. The number of para-hydroxylation sites is 1. The molecule has 0 bridgehead atoms. The van der Waals surface area contributed by atoms with Gasteiger partial charge in [0.1, 0.15) is 12.4 Å².